The van der Waals surface area contributed by atoms with Crippen molar-refractivity contribution in [2.45, 2.75) is 20.8 Å². The number of hydrogen-bond acceptors (Lipinski definition) is 4. The topological polar surface area (TPSA) is 101 Å². The summed E-state index contributed by atoms with van der Waals surface area (Å²) >= 11 is 3.36. The number of nitrogens with one attached hydrogen (secondary N) is 2. The Balaban J connectivity index is 1.68. The van der Waals surface area contributed by atoms with Gasteiger partial charge in [-0.1, -0.05) is 34.1 Å². The SMILES string of the molecule is Cc1cc(Br)ccc1N1C(=O)NC(=O)/C(=C\c2cc(C)n(NC(=O)c3ccccc3)c2C)C1=O. The van der Waals surface area contributed by atoms with E-state index in [-0.39, 0.29) is 11.5 Å². The first-order chi connectivity index (χ1) is 16.2. The van der Waals surface area contributed by atoms with Crippen LogP contribution in [-0.4, -0.2) is 28.4 Å². The molecule has 172 valence electrons. The fourth-order valence-electron chi connectivity index (χ4n) is 3.76. The highest BCUT2D eigenvalue weighted by Gasteiger charge is 2.37. The van der Waals surface area contributed by atoms with E-state index in [9.17, 15) is 19.2 Å². The molecule has 9 heteroatoms. The Labute approximate surface area is 204 Å². The van der Waals surface area contributed by atoms with E-state index in [0.29, 0.717) is 33.8 Å². The molecule has 0 spiro atoms. The summed E-state index contributed by atoms with van der Waals surface area (Å²) in [6.45, 7) is 5.32. The van der Waals surface area contributed by atoms with Crippen LogP contribution in [0.4, 0.5) is 10.5 Å². The minimum atomic E-state index is -0.807. The Morgan fingerprint density at radius 2 is 1.71 bits per heavy atom. The largest absolute Gasteiger partial charge is 0.335 e. The highest BCUT2D eigenvalue weighted by atomic mass is 79.9. The normalized spacial score (nSPS) is 15.0. The molecule has 0 aliphatic carbocycles. The monoisotopic (exact) mass is 520 g/mol. The van der Waals surface area contributed by atoms with Crippen LogP contribution in [0, 0.1) is 20.8 Å². The molecule has 0 atom stereocenters. The number of benzene rings is 2. The van der Waals surface area contributed by atoms with Crippen LogP contribution < -0.4 is 15.6 Å². The second-order valence-corrected chi connectivity index (χ2v) is 8.77. The highest BCUT2D eigenvalue weighted by Crippen LogP contribution is 2.28. The Morgan fingerprint density at radius 3 is 2.38 bits per heavy atom. The Morgan fingerprint density at radius 1 is 1.00 bits per heavy atom. The number of aryl methyl sites for hydroxylation is 2. The molecule has 34 heavy (non-hydrogen) atoms. The lowest BCUT2D eigenvalue weighted by Crippen LogP contribution is -2.54. The molecule has 1 aromatic heterocycles. The maximum Gasteiger partial charge on any atom is 0.335 e. The lowest BCUT2D eigenvalue weighted by Gasteiger charge is -2.27. The van der Waals surface area contributed by atoms with Crippen LogP contribution in [0.2, 0.25) is 0 Å². The van der Waals surface area contributed by atoms with E-state index in [4.69, 9.17) is 0 Å². The third-order valence-electron chi connectivity index (χ3n) is 5.52. The number of rotatable bonds is 4. The molecule has 2 heterocycles. The van der Waals surface area contributed by atoms with Crippen molar-refractivity contribution < 1.29 is 19.2 Å². The molecule has 3 aromatic rings. The summed E-state index contributed by atoms with van der Waals surface area (Å²) in [4.78, 5) is 51.9. The van der Waals surface area contributed by atoms with E-state index in [0.717, 1.165) is 9.37 Å². The molecule has 0 radical (unpaired) electrons. The summed E-state index contributed by atoms with van der Waals surface area (Å²) in [7, 11) is 0. The Hall–Kier alpha value is -3.98. The zero-order valence-corrected chi connectivity index (χ0v) is 20.3. The van der Waals surface area contributed by atoms with Gasteiger partial charge in [0, 0.05) is 21.4 Å². The maximum absolute atomic E-state index is 13.2. The first-order valence-electron chi connectivity index (χ1n) is 10.4. The molecule has 1 aliphatic rings. The van der Waals surface area contributed by atoms with Crippen LogP contribution in [0.25, 0.3) is 6.08 Å². The van der Waals surface area contributed by atoms with Gasteiger partial charge in [-0.2, -0.15) is 0 Å². The van der Waals surface area contributed by atoms with Crippen LogP contribution in [0.5, 0.6) is 0 Å². The van der Waals surface area contributed by atoms with Crippen LogP contribution in [0.15, 0.2) is 64.6 Å². The lowest BCUT2D eigenvalue weighted by molar-refractivity contribution is -0.122. The smallest absolute Gasteiger partial charge is 0.273 e. The molecule has 2 aromatic carbocycles. The third-order valence-corrected chi connectivity index (χ3v) is 6.01. The van der Waals surface area contributed by atoms with Gasteiger partial charge in [0.15, 0.2) is 0 Å². The van der Waals surface area contributed by atoms with E-state index < -0.39 is 17.8 Å². The van der Waals surface area contributed by atoms with Gasteiger partial charge in [-0.05, 0) is 74.4 Å². The van der Waals surface area contributed by atoms with E-state index in [2.05, 4.69) is 26.7 Å². The summed E-state index contributed by atoms with van der Waals surface area (Å²) in [5, 5.41) is 2.24. The number of nitrogens with zero attached hydrogens (tertiary/aromatic N) is 2. The molecule has 0 saturated carbocycles. The number of hydrogen-bond donors (Lipinski definition) is 2. The number of carbonyl (C=O) groups excluding carboxylic acids is 4. The van der Waals surface area contributed by atoms with Crippen molar-refractivity contribution in [2.75, 3.05) is 10.3 Å². The third kappa shape index (κ3) is 4.29. The number of anilines is 1. The van der Waals surface area contributed by atoms with Crippen LogP contribution in [0.1, 0.15) is 32.9 Å². The van der Waals surface area contributed by atoms with Gasteiger partial charge in [0.2, 0.25) is 0 Å². The first kappa shape index (κ1) is 23.2. The predicted molar refractivity (Wildman–Crippen MR) is 132 cm³/mol. The van der Waals surface area contributed by atoms with Gasteiger partial charge in [-0.15, -0.1) is 0 Å². The van der Waals surface area contributed by atoms with Gasteiger partial charge < -0.3 is 0 Å². The molecule has 1 saturated heterocycles. The van der Waals surface area contributed by atoms with Gasteiger partial charge in [0.1, 0.15) is 5.57 Å². The van der Waals surface area contributed by atoms with Gasteiger partial charge in [0.05, 0.1) is 5.69 Å². The standard InChI is InChI=1S/C25H21BrN4O4/c1-14-11-19(26)9-10-21(14)29-24(33)20(23(32)27-25(29)34)13-18-12-15(2)30(16(18)3)28-22(31)17-7-5-4-6-8-17/h4-13H,1-3H3,(H,28,31)(H,27,32,34)/b20-13+. The van der Waals surface area contributed by atoms with Crippen molar-refractivity contribution in [1.29, 1.82) is 0 Å². The molecule has 1 fully saturated rings. The summed E-state index contributed by atoms with van der Waals surface area (Å²) in [6.07, 6.45) is 1.43. The van der Waals surface area contributed by atoms with E-state index >= 15 is 0 Å². The fourth-order valence-corrected chi connectivity index (χ4v) is 4.24. The lowest BCUT2D eigenvalue weighted by atomic mass is 10.1. The summed E-state index contributed by atoms with van der Waals surface area (Å²) in [5.74, 6) is -1.80. The molecule has 1 aliphatic heterocycles. The molecule has 0 unspecified atom stereocenters. The number of halogens is 1. The molecular weight excluding hydrogens is 500 g/mol. The van der Waals surface area contributed by atoms with E-state index in [1.54, 1.807) is 74.0 Å². The zero-order chi connectivity index (χ0) is 24.6. The van der Waals surface area contributed by atoms with Crippen molar-refractivity contribution in [3.05, 3.63) is 92.7 Å². The van der Waals surface area contributed by atoms with Crippen molar-refractivity contribution >= 4 is 51.4 Å². The number of aromatic nitrogens is 1. The van der Waals surface area contributed by atoms with Crippen molar-refractivity contribution in [3.8, 4) is 0 Å². The van der Waals surface area contributed by atoms with Crippen LogP contribution >= 0.6 is 15.9 Å². The predicted octanol–water partition coefficient (Wildman–Crippen LogP) is 4.23. The number of carbonyl (C=O) groups is 4. The average molecular weight is 521 g/mol. The molecule has 2 N–H and O–H groups in total. The average Bonchev–Trinajstić information content (AvgIpc) is 3.05. The first-order valence-corrected chi connectivity index (χ1v) is 11.2. The molecule has 5 amide bonds. The van der Waals surface area contributed by atoms with Crippen LogP contribution in [0.3, 0.4) is 0 Å². The number of barbiturate groups is 1. The van der Waals surface area contributed by atoms with Gasteiger partial charge in [0.25, 0.3) is 17.7 Å². The summed E-state index contributed by atoms with van der Waals surface area (Å²) in [5.41, 5.74) is 6.09. The van der Waals surface area contributed by atoms with Gasteiger partial charge in [-0.3, -0.25) is 29.8 Å². The second-order valence-electron chi connectivity index (χ2n) is 7.86. The quantitative estimate of drug-likeness (QED) is 0.397. The van der Waals surface area contributed by atoms with Crippen molar-refractivity contribution in [1.82, 2.24) is 9.99 Å². The van der Waals surface area contributed by atoms with Crippen molar-refractivity contribution in [3.63, 3.8) is 0 Å². The van der Waals surface area contributed by atoms with Crippen molar-refractivity contribution in [2.24, 2.45) is 0 Å². The zero-order valence-electron chi connectivity index (χ0n) is 18.7. The minimum Gasteiger partial charge on any atom is -0.273 e. The number of urea groups is 1. The minimum absolute atomic E-state index is 0.184. The molecule has 8 nitrogen and oxygen atoms in total. The number of imide groups is 2. The van der Waals surface area contributed by atoms with Crippen LogP contribution in [-0.2, 0) is 9.59 Å². The fraction of sp³-hybridized carbons (Fsp3) is 0.120. The second kappa shape index (κ2) is 9.11. The summed E-state index contributed by atoms with van der Waals surface area (Å²) in [6, 6.07) is 14.8. The highest BCUT2D eigenvalue weighted by molar-refractivity contribution is 9.10. The van der Waals surface area contributed by atoms with Gasteiger partial charge >= 0.3 is 6.03 Å². The Kier molecular flexibility index (Phi) is 6.21. The maximum atomic E-state index is 13.2. The van der Waals surface area contributed by atoms with Gasteiger partial charge in [-0.25, -0.2) is 9.69 Å². The molecule has 0 bridgehead atoms. The summed E-state index contributed by atoms with van der Waals surface area (Å²) < 4.78 is 2.39. The van der Waals surface area contributed by atoms with E-state index in [1.807, 2.05) is 6.07 Å². The van der Waals surface area contributed by atoms with E-state index in [1.165, 1.54) is 6.08 Å². The molecule has 4 rings (SSSR count). The molecular formula is C25H21BrN4O4. The Bertz CT molecular complexity index is 1380. The number of amides is 5.